The number of aromatic nitrogens is 1. The largest absolute Gasteiger partial charge is 0.503 e. The molecule has 0 fully saturated rings. The predicted octanol–water partition coefficient (Wildman–Crippen LogP) is 3.27. The van der Waals surface area contributed by atoms with Crippen molar-refractivity contribution in [1.29, 1.82) is 0 Å². The molecule has 1 atom stereocenters. The number of carbonyl (C=O) groups is 2. The van der Waals surface area contributed by atoms with Gasteiger partial charge in [-0.15, -0.1) is 0 Å². The minimum Gasteiger partial charge on any atom is -0.503 e. The molecule has 1 unspecified atom stereocenters. The molecule has 1 N–H and O–H groups in total. The monoisotopic (exact) mass is 365 g/mol. The van der Waals surface area contributed by atoms with E-state index in [2.05, 4.69) is 4.98 Å². The number of ketones is 1. The molecular formula is C21H23N3O3. The van der Waals surface area contributed by atoms with Crippen molar-refractivity contribution in [3.63, 3.8) is 0 Å². The van der Waals surface area contributed by atoms with E-state index in [1.807, 2.05) is 43.3 Å². The molecule has 1 amide bonds. The molecular weight excluding hydrogens is 342 g/mol. The summed E-state index contributed by atoms with van der Waals surface area (Å²) < 4.78 is 0. The third kappa shape index (κ3) is 3.30. The van der Waals surface area contributed by atoms with E-state index >= 15 is 0 Å². The number of hydrogen-bond donors (Lipinski definition) is 1. The lowest BCUT2D eigenvalue weighted by atomic mass is 9.91. The Labute approximate surface area is 158 Å². The molecule has 140 valence electrons. The van der Waals surface area contributed by atoms with E-state index in [1.54, 1.807) is 38.4 Å². The van der Waals surface area contributed by atoms with Crippen molar-refractivity contribution in [1.82, 2.24) is 4.98 Å². The van der Waals surface area contributed by atoms with Crippen molar-refractivity contribution in [2.24, 2.45) is 5.92 Å². The van der Waals surface area contributed by atoms with Gasteiger partial charge >= 0.3 is 0 Å². The van der Waals surface area contributed by atoms with Crippen LogP contribution >= 0.6 is 0 Å². The number of anilines is 2. The zero-order chi connectivity index (χ0) is 19.7. The van der Waals surface area contributed by atoms with E-state index < -0.39 is 17.7 Å². The zero-order valence-electron chi connectivity index (χ0n) is 15.9. The normalized spacial score (nSPS) is 17.0. The minimum absolute atomic E-state index is 0.137. The van der Waals surface area contributed by atoms with Gasteiger partial charge < -0.3 is 10.0 Å². The molecule has 0 saturated carbocycles. The third-order valence-corrected chi connectivity index (χ3v) is 4.66. The number of rotatable bonds is 5. The summed E-state index contributed by atoms with van der Waals surface area (Å²) in [4.78, 5) is 33.1. The first kappa shape index (κ1) is 18.6. The molecule has 0 radical (unpaired) electrons. The second-order valence-corrected chi connectivity index (χ2v) is 7.05. The number of aliphatic hydroxyl groups is 1. The van der Waals surface area contributed by atoms with Crippen LogP contribution in [-0.4, -0.2) is 35.9 Å². The molecule has 0 spiro atoms. The Kier molecular flexibility index (Phi) is 4.99. The Bertz CT molecular complexity index is 887. The van der Waals surface area contributed by atoms with Crippen molar-refractivity contribution < 1.29 is 14.7 Å². The second kappa shape index (κ2) is 7.23. The van der Waals surface area contributed by atoms with Gasteiger partial charge in [-0.05, 0) is 42.0 Å². The number of aliphatic hydroxyl groups excluding tert-OH is 1. The molecule has 3 rings (SSSR count). The molecule has 0 bridgehead atoms. The highest BCUT2D eigenvalue weighted by molar-refractivity contribution is 6.16. The Morgan fingerprint density at radius 3 is 2.22 bits per heavy atom. The van der Waals surface area contributed by atoms with Gasteiger partial charge in [0.1, 0.15) is 0 Å². The van der Waals surface area contributed by atoms with E-state index in [-0.39, 0.29) is 17.3 Å². The lowest BCUT2D eigenvalue weighted by Crippen LogP contribution is -2.31. The molecule has 2 heterocycles. The van der Waals surface area contributed by atoms with Gasteiger partial charge in [-0.25, -0.2) is 0 Å². The summed E-state index contributed by atoms with van der Waals surface area (Å²) in [5.74, 6) is -1.63. The number of nitrogens with zero attached hydrogens (tertiary/aromatic N) is 3. The zero-order valence-corrected chi connectivity index (χ0v) is 15.9. The molecule has 1 aromatic heterocycles. The highest BCUT2D eigenvalue weighted by atomic mass is 16.3. The summed E-state index contributed by atoms with van der Waals surface area (Å²) in [5, 5.41) is 10.5. The Hall–Kier alpha value is -3.15. The van der Waals surface area contributed by atoms with E-state index in [0.29, 0.717) is 5.69 Å². The van der Waals surface area contributed by atoms with Gasteiger partial charge in [0, 0.05) is 43.8 Å². The van der Waals surface area contributed by atoms with Gasteiger partial charge in [0.25, 0.3) is 5.91 Å². The molecule has 2 aromatic rings. The van der Waals surface area contributed by atoms with Crippen molar-refractivity contribution >= 4 is 23.1 Å². The van der Waals surface area contributed by atoms with Crippen LogP contribution < -0.4 is 9.80 Å². The molecule has 0 aliphatic carbocycles. The SMILES string of the molecule is CC(C)C(=O)C1=C(O)C(=O)N(c2ccc(N(C)C)cc2)C1c1ccncc1. The number of benzene rings is 1. The van der Waals surface area contributed by atoms with Gasteiger partial charge in [0.2, 0.25) is 0 Å². The highest BCUT2D eigenvalue weighted by Crippen LogP contribution is 2.41. The number of pyridine rings is 1. The summed E-state index contributed by atoms with van der Waals surface area (Å²) >= 11 is 0. The average Bonchev–Trinajstić information content (AvgIpc) is 2.93. The Balaban J connectivity index is 2.12. The highest BCUT2D eigenvalue weighted by Gasteiger charge is 2.44. The van der Waals surface area contributed by atoms with Crippen molar-refractivity contribution in [3.8, 4) is 0 Å². The van der Waals surface area contributed by atoms with Crippen LogP contribution in [0.2, 0.25) is 0 Å². The van der Waals surface area contributed by atoms with Crippen molar-refractivity contribution in [2.45, 2.75) is 19.9 Å². The number of Topliss-reactive ketones (excluding diaryl/α,β-unsaturated/α-hetero) is 1. The van der Waals surface area contributed by atoms with Crippen LogP contribution in [0, 0.1) is 5.92 Å². The quantitative estimate of drug-likeness (QED) is 0.880. The molecule has 1 aliphatic heterocycles. The van der Waals surface area contributed by atoms with E-state index in [1.165, 1.54) is 4.90 Å². The van der Waals surface area contributed by atoms with Gasteiger partial charge in [-0.3, -0.25) is 19.5 Å². The average molecular weight is 365 g/mol. The topological polar surface area (TPSA) is 73.7 Å². The number of hydrogen-bond acceptors (Lipinski definition) is 5. The van der Waals surface area contributed by atoms with Gasteiger partial charge in [-0.1, -0.05) is 13.8 Å². The van der Waals surface area contributed by atoms with Crippen LogP contribution in [0.3, 0.4) is 0 Å². The maximum atomic E-state index is 12.9. The molecule has 27 heavy (non-hydrogen) atoms. The van der Waals surface area contributed by atoms with Gasteiger partial charge in [0.15, 0.2) is 11.5 Å². The molecule has 0 saturated heterocycles. The fraction of sp³-hybridized carbons (Fsp3) is 0.286. The van der Waals surface area contributed by atoms with Gasteiger partial charge in [0.05, 0.1) is 11.6 Å². The van der Waals surface area contributed by atoms with E-state index in [0.717, 1.165) is 11.3 Å². The second-order valence-electron chi connectivity index (χ2n) is 7.05. The summed E-state index contributed by atoms with van der Waals surface area (Å²) in [6.45, 7) is 3.51. The predicted molar refractivity (Wildman–Crippen MR) is 105 cm³/mol. The fourth-order valence-corrected chi connectivity index (χ4v) is 3.21. The fourth-order valence-electron chi connectivity index (χ4n) is 3.21. The van der Waals surface area contributed by atoms with Crippen LogP contribution in [0.5, 0.6) is 0 Å². The summed E-state index contributed by atoms with van der Waals surface area (Å²) in [6, 6.07) is 10.3. The van der Waals surface area contributed by atoms with E-state index in [9.17, 15) is 14.7 Å². The Morgan fingerprint density at radius 2 is 1.70 bits per heavy atom. The third-order valence-electron chi connectivity index (χ3n) is 4.66. The number of amides is 1. The smallest absolute Gasteiger partial charge is 0.294 e. The maximum absolute atomic E-state index is 12.9. The number of carbonyl (C=O) groups excluding carboxylic acids is 2. The molecule has 6 heteroatoms. The van der Waals surface area contributed by atoms with Gasteiger partial charge in [-0.2, -0.15) is 0 Å². The summed E-state index contributed by atoms with van der Waals surface area (Å²) in [7, 11) is 3.87. The van der Waals surface area contributed by atoms with Crippen LogP contribution in [0.1, 0.15) is 25.5 Å². The lowest BCUT2D eigenvalue weighted by Gasteiger charge is -2.27. The van der Waals surface area contributed by atoms with Crippen LogP contribution in [0.4, 0.5) is 11.4 Å². The lowest BCUT2D eigenvalue weighted by molar-refractivity contribution is -0.119. The minimum atomic E-state index is -0.680. The maximum Gasteiger partial charge on any atom is 0.294 e. The standard InChI is InChI=1S/C21H23N3O3/c1-13(2)19(25)17-18(14-9-11-22-12-10-14)24(21(27)20(17)26)16-7-5-15(6-8-16)23(3)4/h5-13,18,26H,1-4H3. The van der Waals surface area contributed by atoms with Crippen LogP contribution in [-0.2, 0) is 9.59 Å². The van der Waals surface area contributed by atoms with Crippen LogP contribution in [0.15, 0.2) is 60.1 Å². The van der Waals surface area contributed by atoms with E-state index in [4.69, 9.17) is 0 Å². The summed E-state index contributed by atoms with van der Waals surface area (Å²) in [5.41, 5.74) is 2.47. The van der Waals surface area contributed by atoms with Crippen LogP contribution in [0.25, 0.3) is 0 Å². The first-order valence-electron chi connectivity index (χ1n) is 8.81. The molecule has 6 nitrogen and oxygen atoms in total. The summed E-state index contributed by atoms with van der Waals surface area (Å²) in [6.07, 6.45) is 3.22. The Morgan fingerprint density at radius 1 is 1.11 bits per heavy atom. The first-order valence-corrected chi connectivity index (χ1v) is 8.81. The molecule has 1 aliphatic rings. The van der Waals surface area contributed by atoms with Crippen molar-refractivity contribution in [3.05, 3.63) is 65.7 Å². The first-order chi connectivity index (χ1) is 12.8. The molecule has 1 aromatic carbocycles. The van der Waals surface area contributed by atoms with Crippen molar-refractivity contribution in [2.75, 3.05) is 23.9 Å².